The van der Waals surface area contributed by atoms with Crippen LogP contribution in [-0.2, 0) is 16.0 Å². The monoisotopic (exact) mass is 409 g/mol. The number of hydrogen-bond donors (Lipinski definition) is 0. The van der Waals surface area contributed by atoms with Gasteiger partial charge in [-0.25, -0.2) is 4.98 Å². The van der Waals surface area contributed by atoms with E-state index >= 15 is 0 Å². The van der Waals surface area contributed by atoms with Crippen LogP contribution in [-0.4, -0.2) is 21.2 Å². The fourth-order valence-corrected chi connectivity index (χ4v) is 3.38. The van der Waals surface area contributed by atoms with Crippen molar-refractivity contribution < 1.29 is 18.4 Å². The number of esters is 1. The van der Waals surface area contributed by atoms with E-state index in [4.69, 9.17) is 13.6 Å². The number of oxazole rings is 1. The molecule has 0 bridgehead atoms. The Balaban J connectivity index is 1.41. The minimum Gasteiger partial charge on any atom is -0.452 e. The number of benzene rings is 1. The Labute approximate surface area is 171 Å². The van der Waals surface area contributed by atoms with E-state index in [0.717, 1.165) is 16.0 Å². The van der Waals surface area contributed by atoms with E-state index in [0.29, 0.717) is 23.2 Å². The van der Waals surface area contributed by atoms with Gasteiger partial charge in [0.1, 0.15) is 5.76 Å². The molecule has 1 unspecified atom stereocenters. The predicted molar refractivity (Wildman–Crippen MR) is 107 cm³/mol. The minimum atomic E-state index is -0.668. The van der Waals surface area contributed by atoms with Crippen LogP contribution in [0, 0.1) is 13.8 Å². The third-order valence-corrected chi connectivity index (χ3v) is 5.19. The summed E-state index contributed by atoms with van der Waals surface area (Å²) in [6.07, 6.45) is -0.664. The van der Waals surface area contributed by atoms with Crippen molar-refractivity contribution in [3.8, 4) is 22.2 Å². The number of carbonyl (C=O) groups is 1. The van der Waals surface area contributed by atoms with E-state index < -0.39 is 12.1 Å². The number of hydrogen-bond acceptors (Lipinski definition) is 8. The number of nitrogens with zero attached hydrogens (tertiary/aromatic N) is 3. The Morgan fingerprint density at radius 2 is 1.90 bits per heavy atom. The SMILES string of the molecule is Cc1ccc(-c2nnc(C(C)OC(=O)Cc3nc(-c4cccs4)oc3C)o2)cc1. The molecule has 29 heavy (non-hydrogen) atoms. The van der Waals surface area contributed by atoms with E-state index in [9.17, 15) is 4.79 Å². The fourth-order valence-electron chi connectivity index (χ4n) is 2.74. The summed E-state index contributed by atoms with van der Waals surface area (Å²) in [7, 11) is 0. The highest BCUT2D eigenvalue weighted by Crippen LogP contribution is 2.27. The number of aryl methyl sites for hydroxylation is 2. The first-order valence-electron chi connectivity index (χ1n) is 9.09. The van der Waals surface area contributed by atoms with Crippen LogP contribution in [0.2, 0.25) is 0 Å². The molecule has 4 aromatic rings. The zero-order valence-electron chi connectivity index (χ0n) is 16.2. The second-order valence-electron chi connectivity index (χ2n) is 6.62. The molecule has 0 fully saturated rings. The molecule has 0 spiro atoms. The molecule has 0 saturated heterocycles. The van der Waals surface area contributed by atoms with Gasteiger partial charge in [0.15, 0.2) is 6.10 Å². The van der Waals surface area contributed by atoms with E-state index in [1.165, 1.54) is 11.3 Å². The second-order valence-corrected chi connectivity index (χ2v) is 7.57. The molecule has 1 atom stereocenters. The van der Waals surface area contributed by atoms with Crippen molar-refractivity contribution >= 4 is 17.3 Å². The van der Waals surface area contributed by atoms with Crippen LogP contribution < -0.4 is 0 Å². The number of aromatic nitrogens is 3. The van der Waals surface area contributed by atoms with Crippen molar-refractivity contribution in [2.24, 2.45) is 0 Å². The Morgan fingerprint density at radius 3 is 2.62 bits per heavy atom. The zero-order chi connectivity index (χ0) is 20.4. The third kappa shape index (κ3) is 4.27. The molecule has 0 N–H and O–H groups in total. The van der Waals surface area contributed by atoms with Gasteiger partial charge in [0.2, 0.25) is 11.8 Å². The summed E-state index contributed by atoms with van der Waals surface area (Å²) in [5, 5.41) is 9.99. The van der Waals surface area contributed by atoms with E-state index in [2.05, 4.69) is 15.2 Å². The summed E-state index contributed by atoms with van der Waals surface area (Å²) in [4.78, 5) is 17.7. The molecule has 4 rings (SSSR count). The molecular formula is C21H19N3O4S. The third-order valence-electron chi connectivity index (χ3n) is 4.33. The fraction of sp³-hybridized carbons (Fsp3) is 0.238. The Kier molecular flexibility index (Phi) is 5.26. The molecule has 7 nitrogen and oxygen atoms in total. The highest BCUT2D eigenvalue weighted by Gasteiger charge is 2.21. The number of carbonyl (C=O) groups excluding carboxylic acids is 1. The van der Waals surface area contributed by atoms with Crippen LogP contribution in [0.25, 0.3) is 22.2 Å². The van der Waals surface area contributed by atoms with Crippen LogP contribution in [0.4, 0.5) is 0 Å². The smallest absolute Gasteiger partial charge is 0.312 e. The van der Waals surface area contributed by atoms with Crippen LogP contribution in [0.15, 0.2) is 50.6 Å². The highest BCUT2D eigenvalue weighted by molar-refractivity contribution is 7.13. The Morgan fingerprint density at radius 1 is 1.10 bits per heavy atom. The maximum absolute atomic E-state index is 12.4. The number of thiophene rings is 1. The normalized spacial score (nSPS) is 12.1. The quantitative estimate of drug-likeness (QED) is 0.418. The molecule has 0 saturated carbocycles. The number of ether oxygens (including phenoxy) is 1. The lowest BCUT2D eigenvalue weighted by Crippen LogP contribution is -2.12. The van der Waals surface area contributed by atoms with Gasteiger partial charge in [-0.1, -0.05) is 23.8 Å². The first-order valence-corrected chi connectivity index (χ1v) is 9.97. The standard InChI is InChI=1S/C21H19N3O4S/c1-12-6-8-15(9-7-12)20-24-23-19(28-20)14(3)26-18(25)11-16-13(2)27-21(22-16)17-5-4-10-29-17/h4-10,14H,11H2,1-3H3. The first kappa shape index (κ1) is 19.1. The molecule has 0 amide bonds. The van der Waals surface area contributed by atoms with Crippen molar-refractivity contribution in [3.05, 3.63) is 64.7 Å². The summed E-state index contributed by atoms with van der Waals surface area (Å²) in [5.74, 6) is 1.29. The van der Waals surface area contributed by atoms with Crippen LogP contribution in [0.3, 0.4) is 0 Å². The maximum Gasteiger partial charge on any atom is 0.312 e. The minimum absolute atomic E-state index is 0.00397. The van der Waals surface area contributed by atoms with Gasteiger partial charge in [0, 0.05) is 5.56 Å². The zero-order valence-corrected chi connectivity index (χ0v) is 17.0. The summed E-state index contributed by atoms with van der Waals surface area (Å²) < 4.78 is 16.8. The van der Waals surface area contributed by atoms with Crippen molar-refractivity contribution in [1.82, 2.24) is 15.2 Å². The summed E-state index contributed by atoms with van der Waals surface area (Å²) in [5.41, 5.74) is 2.50. The molecular weight excluding hydrogens is 390 g/mol. The van der Waals surface area contributed by atoms with E-state index in [1.54, 1.807) is 13.8 Å². The molecule has 0 aliphatic carbocycles. The Hall–Kier alpha value is -3.26. The highest BCUT2D eigenvalue weighted by atomic mass is 32.1. The summed E-state index contributed by atoms with van der Waals surface area (Å²) in [6.45, 7) is 5.48. The van der Waals surface area contributed by atoms with Crippen LogP contribution in [0.1, 0.15) is 35.9 Å². The molecule has 0 aliphatic heterocycles. The lowest BCUT2D eigenvalue weighted by Gasteiger charge is -2.08. The molecule has 148 valence electrons. The average Bonchev–Trinajstić information content (AvgIpc) is 3.43. The van der Waals surface area contributed by atoms with Gasteiger partial charge in [-0.15, -0.1) is 21.5 Å². The van der Waals surface area contributed by atoms with Gasteiger partial charge in [-0.2, -0.15) is 0 Å². The summed E-state index contributed by atoms with van der Waals surface area (Å²) >= 11 is 1.53. The topological polar surface area (TPSA) is 91.2 Å². The van der Waals surface area contributed by atoms with Gasteiger partial charge in [0.05, 0.1) is 17.0 Å². The van der Waals surface area contributed by atoms with Gasteiger partial charge in [0.25, 0.3) is 5.89 Å². The Bertz CT molecular complexity index is 1110. The largest absolute Gasteiger partial charge is 0.452 e. The molecule has 0 aliphatic rings. The van der Waals surface area contributed by atoms with Gasteiger partial charge < -0.3 is 13.6 Å². The number of rotatable bonds is 6. The van der Waals surface area contributed by atoms with E-state index in [1.807, 2.05) is 48.7 Å². The van der Waals surface area contributed by atoms with Crippen molar-refractivity contribution in [1.29, 1.82) is 0 Å². The summed E-state index contributed by atoms with van der Waals surface area (Å²) in [6, 6.07) is 11.6. The van der Waals surface area contributed by atoms with Gasteiger partial charge in [-0.05, 0) is 44.4 Å². The average molecular weight is 409 g/mol. The van der Waals surface area contributed by atoms with Gasteiger partial charge >= 0.3 is 5.97 Å². The van der Waals surface area contributed by atoms with Crippen LogP contribution in [0.5, 0.6) is 0 Å². The van der Waals surface area contributed by atoms with Gasteiger partial charge in [-0.3, -0.25) is 4.79 Å². The lowest BCUT2D eigenvalue weighted by atomic mass is 10.1. The van der Waals surface area contributed by atoms with Crippen molar-refractivity contribution in [2.45, 2.75) is 33.3 Å². The molecule has 3 aromatic heterocycles. The molecule has 8 heteroatoms. The first-order chi connectivity index (χ1) is 14.0. The predicted octanol–water partition coefficient (Wildman–Crippen LogP) is 4.92. The van der Waals surface area contributed by atoms with Crippen LogP contribution >= 0.6 is 11.3 Å². The van der Waals surface area contributed by atoms with Crippen molar-refractivity contribution in [3.63, 3.8) is 0 Å². The lowest BCUT2D eigenvalue weighted by molar-refractivity contribution is -0.148. The second kappa shape index (κ2) is 8.00. The molecule has 0 radical (unpaired) electrons. The molecule has 1 aromatic carbocycles. The maximum atomic E-state index is 12.4. The van der Waals surface area contributed by atoms with Crippen molar-refractivity contribution in [2.75, 3.05) is 0 Å². The van der Waals surface area contributed by atoms with E-state index in [-0.39, 0.29) is 12.3 Å². The molecule has 3 heterocycles.